The van der Waals surface area contributed by atoms with Gasteiger partial charge in [-0.25, -0.2) is 4.79 Å². The van der Waals surface area contributed by atoms with Crippen LogP contribution < -0.4 is 24.7 Å². The molecule has 0 aromatic heterocycles. The van der Waals surface area contributed by atoms with Crippen molar-refractivity contribution in [3.63, 3.8) is 0 Å². The van der Waals surface area contributed by atoms with Crippen LogP contribution in [0.3, 0.4) is 0 Å². The van der Waals surface area contributed by atoms with Gasteiger partial charge < -0.3 is 24.7 Å². The van der Waals surface area contributed by atoms with Crippen molar-refractivity contribution < 1.29 is 28.7 Å². The second-order valence-electron chi connectivity index (χ2n) is 9.34. The number of carbonyl (C=O) groups excluding carboxylic acids is 1. The first-order valence-corrected chi connectivity index (χ1v) is 13.5. The molecular weight excluding hydrogens is 574 g/mol. The summed E-state index contributed by atoms with van der Waals surface area (Å²) in [5.74, 6) is 0.0317. The maximum absolute atomic E-state index is 12.7. The number of hydrogen-bond donors (Lipinski definition) is 1. The van der Waals surface area contributed by atoms with Gasteiger partial charge in [0.25, 0.3) is 5.69 Å². The van der Waals surface area contributed by atoms with E-state index >= 15 is 0 Å². The summed E-state index contributed by atoms with van der Waals surface area (Å²) in [5, 5.41) is 21.5. The van der Waals surface area contributed by atoms with Gasteiger partial charge in [-0.15, -0.1) is 0 Å². The average Bonchev–Trinajstić information content (AvgIpc) is 3.00. The van der Waals surface area contributed by atoms with Gasteiger partial charge in [-0.3, -0.25) is 10.1 Å². The molecule has 1 atom stereocenters. The van der Waals surface area contributed by atoms with E-state index in [0.717, 1.165) is 5.56 Å². The number of nitrogens with zero attached hydrogens (tertiary/aromatic N) is 2. The van der Waals surface area contributed by atoms with Gasteiger partial charge in [0.15, 0.2) is 11.5 Å². The highest BCUT2D eigenvalue weighted by Crippen LogP contribution is 2.45. The number of benzene rings is 4. The van der Waals surface area contributed by atoms with Crippen molar-refractivity contribution in [1.29, 1.82) is 5.26 Å². The van der Waals surface area contributed by atoms with Crippen LogP contribution in [-0.2, 0) is 6.61 Å². The fraction of sp³-hybridized carbons (Fsp3) is 0.125. The molecule has 1 aliphatic heterocycles. The largest absolute Gasteiger partial charge is 0.490 e. The number of carbonyl (C=O) groups is 1. The molecule has 4 aromatic carbocycles. The number of nitro groups is 1. The number of halogens is 1. The Balaban J connectivity index is 1.43. The highest BCUT2D eigenvalue weighted by atomic mass is 35.5. The monoisotopic (exact) mass is 597 g/mol. The van der Waals surface area contributed by atoms with Crippen LogP contribution in [0, 0.1) is 21.4 Å². The number of ether oxygens (including phenoxy) is 4. The normalized spacial score (nSPS) is 13.7. The molecule has 216 valence electrons. The number of allylic oxidation sites excluding steroid dienone is 1. The van der Waals surface area contributed by atoms with Crippen molar-refractivity contribution in [2.24, 2.45) is 5.73 Å². The van der Waals surface area contributed by atoms with E-state index in [-0.39, 0.29) is 35.1 Å². The first-order valence-electron chi connectivity index (χ1n) is 13.1. The van der Waals surface area contributed by atoms with Crippen molar-refractivity contribution in [1.82, 2.24) is 0 Å². The lowest BCUT2D eigenvalue weighted by atomic mass is 9.83. The van der Waals surface area contributed by atoms with Crippen molar-refractivity contribution in [3.8, 4) is 29.1 Å². The molecule has 0 amide bonds. The fourth-order valence-electron chi connectivity index (χ4n) is 4.59. The standard InChI is InChI=1S/C32H24ClN3O7/c1-2-40-29-15-20(9-14-27(29)41-18-21-5-3-4-6-26(21)33)30-24-13-12-23(16-28(24)43-31(35)25(30)17-34)42-32(37)19-7-10-22(11-8-19)36(38)39/h3-16,30H,2,18,35H2,1H3. The van der Waals surface area contributed by atoms with Crippen molar-refractivity contribution in [3.05, 3.63) is 134 Å². The number of hydrogen-bond acceptors (Lipinski definition) is 9. The summed E-state index contributed by atoms with van der Waals surface area (Å²) in [6, 6.07) is 24.7. The first-order chi connectivity index (χ1) is 20.8. The van der Waals surface area contributed by atoms with Crippen LogP contribution in [-0.4, -0.2) is 17.5 Å². The van der Waals surface area contributed by atoms with Crippen LogP contribution in [0.4, 0.5) is 5.69 Å². The van der Waals surface area contributed by atoms with Gasteiger partial charge in [0.1, 0.15) is 29.7 Å². The number of rotatable bonds is 9. The maximum Gasteiger partial charge on any atom is 0.343 e. The third-order valence-electron chi connectivity index (χ3n) is 6.66. The minimum Gasteiger partial charge on any atom is -0.490 e. The molecule has 4 aromatic rings. The Morgan fingerprint density at radius 1 is 1.05 bits per heavy atom. The van der Waals surface area contributed by atoms with Crippen molar-refractivity contribution in [2.45, 2.75) is 19.4 Å². The Kier molecular flexibility index (Phi) is 8.46. The SMILES string of the molecule is CCOc1cc(C2C(C#N)=C(N)Oc3cc(OC(=O)c4ccc([N+](=O)[O-])cc4)ccc32)ccc1OCc1ccccc1Cl. The van der Waals surface area contributed by atoms with Crippen LogP contribution in [0.1, 0.15) is 39.9 Å². The molecule has 43 heavy (non-hydrogen) atoms. The molecule has 10 nitrogen and oxygen atoms in total. The minimum atomic E-state index is -0.711. The van der Waals surface area contributed by atoms with Crippen molar-refractivity contribution >= 4 is 23.3 Å². The number of esters is 1. The Bertz CT molecular complexity index is 1780. The number of nitriles is 1. The lowest BCUT2D eigenvalue weighted by molar-refractivity contribution is -0.384. The van der Waals surface area contributed by atoms with Gasteiger partial charge in [0.2, 0.25) is 5.88 Å². The summed E-state index contributed by atoms with van der Waals surface area (Å²) < 4.78 is 23.2. The summed E-state index contributed by atoms with van der Waals surface area (Å²) in [5.41, 5.74) is 8.50. The molecule has 1 heterocycles. The van der Waals surface area contributed by atoms with Gasteiger partial charge in [-0.1, -0.05) is 41.9 Å². The smallest absolute Gasteiger partial charge is 0.343 e. The number of fused-ring (bicyclic) bond motifs is 1. The summed E-state index contributed by atoms with van der Waals surface area (Å²) in [7, 11) is 0. The van der Waals surface area contributed by atoms with Crippen LogP contribution >= 0.6 is 11.6 Å². The maximum atomic E-state index is 12.7. The van der Waals surface area contributed by atoms with Gasteiger partial charge in [-0.05, 0) is 48.9 Å². The zero-order chi connectivity index (χ0) is 30.5. The van der Waals surface area contributed by atoms with Gasteiger partial charge >= 0.3 is 5.97 Å². The second-order valence-corrected chi connectivity index (χ2v) is 9.74. The predicted molar refractivity (Wildman–Crippen MR) is 157 cm³/mol. The van der Waals surface area contributed by atoms with E-state index in [4.69, 9.17) is 36.3 Å². The molecule has 5 rings (SSSR count). The van der Waals surface area contributed by atoms with Crippen LogP contribution in [0.2, 0.25) is 5.02 Å². The quantitative estimate of drug-likeness (QED) is 0.0967. The summed E-state index contributed by atoms with van der Waals surface area (Å²) in [4.78, 5) is 23.0. The molecule has 0 bridgehead atoms. The molecule has 1 aliphatic rings. The average molecular weight is 598 g/mol. The van der Waals surface area contributed by atoms with E-state index in [2.05, 4.69) is 6.07 Å². The molecule has 1 unspecified atom stereocenters. The van der Waals surface area contributed by atoms with E-state index in [9.17, 15) is 20.2 Å². The molecule has 0 saturated heterocycles. The zero-order valence-corrected chi connectivity index (χ0v) is 23.5. The third kappa shape index (κ3) is 6.22. The molecule has 0 radical (unpaired) electrons. The van der Waals surface area contributed by atoms with Gasteiger partial charge in [0, 0.05) is 34.3 Å². The minimum absolute atomic E-state index is 0.0872. The Morgan fingerprint density at radius 3 is 2.51 bits per heavy atom. The Hall–Kier alpha value is -5.53. The fourth-order valence-corrected chi connectivity index (χ4v) is 4.78. The zero-order valence-electron chi connectivity index (χ0n) is 22.8. The van der Waals surface area contributed by atoms with Gasteiger partial charge in [-0.2, -0.15) is 5.26 Å². The Labute approximate surface area is 251 Å². The number of nitrogens with two attached hydrogens (primary N) is 1. The second kappa shape index (κ2) is 12.5. The van der Waals surface area contributed by atoms with E-state index in [1.807, 2.05) is 31.2 Å². The Morgan fingerprint density at radius 2 is 1.81 bits per heavy atom. The highest BCUT2D eigenvalue weighted by molar-refractivity contribution is 6.31. The lowest BCUT2D eigenvalue weighted by Gasteiger charge is -2.27. The number of non-ortho nitro benzene ring substituents is 1. The van der Waals surface area contributed by atoms with E-state index in [0.29, 0.717) is 40.0 Å². The van der Waals surface area contributed by atoms with E-state index < -0.39 is 16.8 Å². The van der Waals surface area contributed by atoms with Crippen molar-refractivity contribution in [2.75, 3.05) is 6.61 Å². The van der Waals surface area contributed by atoms with Gasteiger partial charge in [0.05, 0.1) is 23.0 Å². The van der Waals surface area contributed by atoms with E-state index in [1.165, 1.54) is 30.3 Å². The molecule has 0 spiro atoms. The van der Waals surface area contributed by atoms with Crippen LogP contribution in [0.15, 0.2) is 96.4 Å². The number of nitro benzene ring substituents is 1. The molecule has 2 N–H and O–H groups in total. The first kappa shape index (κ1) is 29.0. The molecule has 0 aliphatic carbocycles. The van der Waals surface area contributed by atoms with E-state index in [1.54, 1.807) is 30.3 Å². The highest BCUT2D eigenvalue weighted by Gasteiger charge is 2.32. The molecule has 0 saturated carbocycles. The predicted octanol–water partition coefficient (Wildman–Crippen LogP) is 6.66. The van der Waals surface area contributed by atoms with Crippen LogP contribution in [0.25, 0.3) is 0 Å². The molecule has 0 fully saturated rings. The lowest BCUT2D eigenvalue weighted by Crippen LogP contribution is -2.21. The topological polar surface area (TPSA) is 147 Å². The molecular formula is C32H24ClN3O7. The third-order valence-corrected chi connectivity index (χ3v) is 7.03. The molecule has 11 heteroatoms. The summed E-state index contributed by atoms with van der Waals surface area (Å²) in [6.07, 6.45) is 0. The summed E-state index contributed by atoms with van der Waals surface area (Å²) in [6.45, 7) is 2.46. The van der Waals surface area contributed by atoms with Crippen LogP contribution in [0.5, 0.6) is 23.0 Å². The summed E-state index contributed by atoms with van der Waals surface area (Å²) >= 11 is 6.28.